The van der Waals surface area contributed by atoms with Crippen LogP contribution >= 0.6 is 0 Å². The van der Waals surface area contributed by atoms with Gasteiger partial charge in [0.25, 0.3) is 10.0 Å². The molecule has 0 saturated carbocycles. The lowest BCUT2D eigenvalue weighted by atomic mass is 10.0. The van der Waals surface area contributed by atoms with E-state index in [0.717, 1.165) is 21.0 Å². The highest BCUT2D eigenvalue weighted by molar-refractivity contribution is 7.92. The Kier molecular flexibility index (Phi) is 13.1. The molecule has 0 aliphatic carbocycles. The number of benzene rings is 4. The van der Waals surface area contributed by atoms with E-state index in [-0.39, 0.29) is 35.2 Å². The fraction of sp³-hybridized carbons (Fsp3) is 0.316. The number of nitrogens with one attached hydrogen (secondary N) is 1. The lowest BCUT2D eigenvalue weighted by Crippen LogP contribution is -2.53. The fourth-order valence-corrected chi connectivity index (χ4v) is 6.75. The average molecular weight is 688 g/mol. The van der Waals surface area contributed by atoms with Crippen LogP contribution in [0.2, 0.25) is 0 Å². The van der Waals surface area contributed by atoms with E-state index in [1.165, 1.54) is 37.3 Å². The van der Waals surface area contributed by atoms with Crippen molar-refractivity contribution in [2.24, 2.45) is 0 Å². The van der Waals surface area contributed by atoms with Crippen molar-refractivity contribution in [1.82, 2.24) is 10.2 Å². The zero-order valence-electron chi connectivity index (χ0n) is 28.7. The number of anilines is 1. The van der Waals surface area contributed by atoms with Gasteiger partial charge >= 0.3 is 0 Å². The molecule has 0 spiro atoms. The molecule has 260 valence electrons. The molecule has 1 N–H and O–H groups in total. The Labute approximate surface area is 289 Å². The van der Waals surface area contributed by atoms with E-state index in [0.29, 0.717) is 31.1 Å². The number of aryl methyl sites for hydroxylation is 1. The van der Waals surface area contributed by atoms with Gasteiger partial charge in [-0.3, -0.25) is 13.9 Å². The van der Waals surface area contributed by atoms with Crippen molar-refractivity contribution in [1.29, 1.82) is 0 Å². The summed E-state index contributed by atoms with van der Waals surface area (Å²) in [6, 6.07) is 27.0. The van der Waals surface area contributed by atoms with Crippen molar-refractivity contribution < 1.29 is 32.2 Å². The standard InChI is InChI=1S/C38H45N3O7S/c1-6-23-39-38(43)34(24-29-11-9-8-10-12-29)40(26-30-15-13-28(3)14-16-30)37(42)27-41(31-17-19-32(20-18-31)48-7-2)49(44,45)33-21-22-35(46-4)36(25-33)47-5/h8-22,25,34H,6-7,23-24,26-27H2,1-5H3,(H,39,43). The first kappa shape index (κ1) is 36.8. The van der Waals surface area contributed by atoms with Gasteiger partial charge in [-0.1, -0.05) is 67.1 Å². The normalized spacial score (nSPS) is 11.7. The number of methoxy groups -OCH3 is 2. The maximum absolute atomic E-state index is 14.6. The largest absolute Gasteiger partial charge is 0.494 e. The van der Waals surface area contributed by atoms with Crippen LogP contribution in [0.5, 0.6) is 17.2 Å². The highest BCUT2D eigenvalue weighted by atomic mass is 32.2. The summed E-state index contributed by atoms with van der Waals surface area (Å²) >= 11 is 0. The minimum absolute atomic E-state index is 0.0870. The minimum atomic E-state index is -4.35. The summed E-state index contributed by atoms with van der Waals surface area (Å²) in [7, 11) is -1.48. The van der Waals surface area contributed by atoms with Crippen LogP contribution < -0.4 is 23.8 Å². The number of hydrogen-bond donors (Lipinski definition) is 1. The number of nitrogens with zero attached hydrogens (tertiary/aromatic N) is 2. The SMILES string of the molecule is CCCNC(=O)C(Cc1ccccc1)N(Cc1ccc(C)cc1)C(=O)CN(c1ccc(OCC)cc1)S(=O)(=O)c1ccc(OC)c(OC)c1. The van der Waals surface area contributed by atoms with Crippen molar-refractivity contribution in [2.45, 2.75) is 51.1 Å². The number of carbonyl (C=O) groups excluding carboxylic acids is 2. The van der Waals surface area contributed by atoms with Gasteiger partial charge in [0, 0.05) is 25.6 Å². The van der Waals surface area contributed by atoms with Gasteiger partial charge in [-0.25, -0.2) is 8.42 Å². The molecule has 49 heavy (non-hydrogen) atoms. The van der Waals surface area contributed by atoms with Gasteiger partial charge < -0.3 is 24.4 Å². The number of ether oxygens (including phenoxy) is 3. The van der Waals surface area contributed by atoms with Gasteiger partial charge in [0.2, 0.25) is 11.8 Å². The molecule has 0 saturated heterocycles. The third kappa shape index (κ3) is 9.54. The first-order valence-corrected chi connectivity index (χ1v) is 17.7. The van der Waals surface area contributed by atoms with Crippen LogP contribution in [0.3, 0.4) is 0 Å². The molecule has 0 bridgehead atoms. The number of carbonyl (C=O) groups is 2. The molecular formula is C38H45N3O7S. The van der Waals surface area contributed by atoms with Crippen molar-refractivity contribution in [3.05, 3.63) is 114 Å². The topological polar surface area (TPSA) is 114 Å². The van der Waals surface area contributed by atoms with E-state index >= 15 is 0 Å². The van der Waals surface area contributed by atoms with Crippen LogP contribution in [0.25, 0.3) is 0 Å². The van der Waals surface area contributed by atoms with Gasteiger partial charge in [-0.2, -0.15) is 0 Å². The maximum atomic E-state index is 14.6. The van der Waals surface area contributed by atoms with Crippen LogP contribution in [0.15, 0.2) is 102 Å². The number of amides is 2. The van der Waals surface area contributed by atoms with Gasteiger partial charge in [-0.15, -0.1) is 0 Å². The third-order valence-electron chi connectivity index (χ3n) is 7.95. The summed E-state index contributed by atoms with van der Waals surface area (Å²) in [5.74, 6) is 0.263. The second-order valence-electron chi connectivity index (χ2n) is 11.5. The first-order chi connectivity index (χ1) is 23.6. The van der Waals surface area contributed by atoms with Gasteiger partial charge in [0.1, 0.15) is 18.3 Å². The second kappa shape index (κ2) is 17.4. The first-order valence-electron chi connectivity index (χ1n) is 16.3. The predicted octanol–water partition coefficient (Wildman–Crippen LogP) is 5.77. The van der Waals surface area contributed by atoms with Crippen molar-refractivity contribution in [3.63, 3.8) is 0 Å². The molecule has 4 aromatic rings. The highest BCUT2D eigenvalue weighted by Gasteiger charge is 2.35. The van der Waals surface area contributed by atoms with Crippen LogP contribution in [-0.2, 0) is 32.6 Å². The van der Waals surface area contributed by atoms with Crippen molar-refractivity contribution in [2.75, 3.05) is 38.2 Å². The Balaban J connectivity index is 1.82. The van der Waals surface area contributed by atoms with Crippen molar-refractivity contribution in [3.8, 4) is 17.2 Å². The summed E-state index contributed by atoms with van der Waals surface area (Å²) in [6.45, 7) is 6.15. The molecule has 2 amide bonds. The molecule has 10 nitrogen and oxygen atoms in total. The quantitative estimate of drug-likeness (QED) is 0.150. The van der Waals surface area contributed by atoms with Crippen LogP contribution in [0, 0.1) is 6.92 Å². The lowest BCUT2D eigenvalue weighted by molar-refractivity contribution is -0.140. The Bertz CT molecular complexity index is 1780. The van der Waals surface area contributed by atoms with E-state index < -0.39 is 28.5 Å². The Morgan fingerprint density at radius 1 is 0.816 bits per heavy atom. The predicted molar refractivity (Wildman–Crippen MR) is 191 cm³/mol. The molecule has 0 aliphatic heterocycles. The zero-order chi connectivity index (χ0) is 35.4. The van der Waals surface area contributed by atoms with Crippen LogP contribution in [-0.4, -0.2) is 65.1 Å². The molecule has 0 heterocycles. The van der Waals surface area contributed by atoms with E-state index in [4.69, 9.17) is 14.2 Å². The summed E-state index contributed by atoms with van der Waals surface area (Å²) in [5.41, 5.74) is 2.96. The minimum Gasteiger partial charge on any atom is -0.494 e. The van der Waals surface area contributed by atoms with E-state index in [2.05, 4.69) is 5.32 Å². The number of sulfonamides is 1. The van der Waals surface area contributed by atoms with E-state index in [9.17, 15) is 18.0 Å². The molecule has 0 radical (unpaired) electrons. The lowest BCUT2D eigenvalue weighted by Gasteiger charge is -2.34. The van der Waals surface area contributed by atoms with Crippen molar-refractivity contribution >= 4 is 27.5 Å². The highest BCUT2D eigenvalue weighted by Crippen LogP contribution is 2.33. The number of hydrogen-bond acceptors (Lipinski definition) is 7. The van der Waals surface area contributed by atoms with Crippen LogP contribution in [0.1, 0.15) is 37.0 Å². The molecule has 1 atom stereocenters. The van der Waals surface area contributed by atoms with E-state index in [1.54, 1.807) is 24.3 Å². The molecule has 4 rings (SSSR count). The van der Waals surface area contributed by atoms with E-state index in [1.807, 2.05) is 75.4 Å². The molecule has 0 aliphatic rings. The van der Waals surface area contributed by atoms with Crippen LogP contribution in [0.4, 0.5) is 5.69 Å². The zero-order valence-corrected chi connectivity index (χ0v) is 29.5. The van der Waals surface area contributed by atoms with Gasteiger partial charge in [0.15, 0.2) is 11.5 Å². The van der Waals surface area contributed by atoms with Gasteiger partial charge in [0.05, 0.1) is 31.4 Å². The number of rotatable bonds is 17. The molecule has 0 fully saturated rings. The Morgan fingerprint density at radius 3 is 2.10 bits per heavy atom. The Hall–Kier alpha value is -5.03. The fourth-order valence-electron chi connectivity index (χ4n) is 5.32. The average Bonchev–Trinajstić information content (AvgIpc) is 3.12. The monoisotopic (exact) mass is 687 g/mol. The van der Waals surface area contributed by atoms with Gasteiger partial charge in [-0.05, 0) is 67.8 Å². The molecule has 4 aromatic carbocycles. The summed E-state index contributed by atoms with van der Waals surface area (Å²) in [4.78, 5) is 29.9. The third-order valence-corrected chi connectivity index (χ3v) is 9.72. The maximum Gasteiger partial charge on any atom is 0.264 e. The molecule has 1 unspecified atom stereocenters. The summed E-state index contributed by atoms with van der Waals surface area (Å²) in [6.07, 6.45) is 0.949. The Morgan fingerprint density at radius 2 is 1.49 bits per heavy atom. The molecular weight excluding hydrogens is 642 g/mol. The summed E-state index contributed by atoms with van der Waals surface area (Å²) < 4.78 is 46.3. The smallest absolute Gasteiger partial charge is 0.264 e. The molecule has 11 heteroatoms. The second-order valence-corrected chi connectivity index (χ2v) is 13.3. The summed E-state index contributed by atoms with van der Waals surface area (Å²) in [5, 5.41) is 2.96. The molecule has 0 aromatic heterocycles.